The molecule has 0 aliphatic rings. The van der Waals surface area contributed by atoms with Crippen molar-refractivity contribution in [3.63, 3.8) is 0 Å². The molecule has 0 aliphatic carbocycles. The molecule has 1 aromatic carbocycles. The van der Waals surface area contributed by atoms with Crippen molar-refractivity contribution in [1.82, 2.24) is 0 Å². The van der Waals surface area contributed by atoms with Gasteiger partial charge in [-0.1, -0.05) is 0 Å². The van der Waals surface area contributed by atoms with Gasteiger partial charge < -0.3 is 19.3 Å². The van der Waals surface area contributed by atoms with Gasteiger partial charge in [-0.25, -0.2) is 4.79 Å². The number of alkyl halides is 9. The summed E-state index contributed by atoms with van der Waals surface area (Å²) < 4.78 is 123. The maximum absolute atomic E-state index is 12.3. The van der Waals surface area contributed by atoms with E-state index < -0.39 is 67.1 Å². The van der Waals surface area contributed by atoms with Crippen molar-refractivity contribution >= 4 is 5.97 Å². The highest BCUT2D eigenvalue weighted by Crippen LogP contribution is 2.36. The Hall–Kier alpha value is -2.54. The van der Waals surface area contributed by atoms with Crippen LogP contribution in [-0.4, -0.2) is 49.4 Å². The van der Waals surface area contributed by atoms with E-state index in [0.717, 1.165) is 0 Å². The first-order chi connectivity index (χ1) is 12.1. The highest BCUT2D eigenvalue weighted by molar-refractivity contribution is 5.94. The van der Waals surface area contributed by atoms with Gasteiger partial charge in [0, 0.05) is 12.1 Å². The minimum Gasteiger partial charge on any atom is -0.484 e. The standard InChI is InChI=1S/C13H9F9O5/c14-11(15,16)3-25-6-1-7(26-4-12(17,18)19)9(10(23)24)8(2-6)27-5-13(20,21)22/h1-2H,3-5H2,(H,23,24). The van der Waals surface area contributed by atoms with Gasteiger partial charge in [-0.2, -0.15) is 39.5 Å². The average Bonchev–Trinajstić information content (AvgIpc) is 2.46. The number of aromatic carboxylic acids is 1. The molecule has 1 aromatic rings. The summed E-state index contributed by atoms with van der Waals surface area (Å²) in [6.45, 7) is -6.07. The Bertz CT molecular complexity index is 625. The highest BCUT2D eigenvalue weighted by atomic mass is 19.4. The fourth-order valence-electron chi connectivity index (χ4n) is 1.57. The number of carboxylic acid groups (broad SMARTS) is 1. The SMILES string of the molecule is O=C(O)c1c(OCC(F)(F)F)cc(OCC(F)(F)F)cc1OCC(F)(F)F. The molecule has 5 nitrogen and oxygen atoms in total. The summed E-state index contributed by atoms with van der Waals surface area (Å²) in [5, 5.41) is 9.01. The molecule has 27 heavy (non-hydrogen) atoms. The van der Waals surface area contributed by atoms with Gasteiger partial charge in [0.1, 0.15) is 22.8 Å². The Labute approximate surface area is 144 Å². The molecule has 0 saturated heterocycles. The second-order valence-corrected chi connectivity index (χ2v) is 4.81. The molecule has 0 radical (unpaired) electrons. The van der Waals surface area contributed by atoms with Crippen molar-refractivity contribution in [3.8, 4) is 17.2 Å². The maximum Gasteiger partial charge on any atom is 0.422 e. The molecule has 0 spiro atoms. The molecule has 1 N–H and O–H groups in total. The smallest absolute Gasteiger partial charge is 0.422 e. The number of hydrogen-bond donors (Lipinski definition) is 1. The van der Waals surface area contributed by atoms with E-state index in [-0.39, 0.29) is 0 Å². The molecule has 0 atom stereocenters. The number of benzene rings is 1. The molecule has 0 fully saturated rings. The number of halogens is 9. The Morgan fingerprint density at radius 1 is 0.741 bits per heavy atom. The fraction of sp³-hybridized carbons (Fsp3) is 0.462. The van der Waals surface area contributed by atoms with Crippen LogP contribution in [-0.2, 0) is 0 Å². The lowest BCUT2D eigenvalue weighted by molar-refractivity contribution is -0.154. The van der Waals surface area contributed by atoms with E-state index >= 15 is 0 Å². The highest BCUT2D eigenvalue weighted by Gasteiger charge is 2.33. The summed E-state index contributed by atoms with van der Waals surface area (Å²) in [6.07, 6.45) is -14.8. The van der Waals surface area contributed by atoms with Crippen LogP contribution >= 0.6 is 0 Å². The molecule has 0 saturated carbocycles. The van der Waals surface area contributed by atoms with Crippen molar-refractivity contribution in [1.29, 1.82) is 0 Å². The van der Waals surface area contributed by atoms with Crippen LogP contribution in [0.4, 0.5) is 39.5 Å². The topological polar surface area (TPSA) is 65.0 Å². The lowest BCUT2D eigenvalue weighted by atomic mass is 10.1. The molecular weight excluding hydrogens is 407 g/mol. The molecule has 1 rings (SSSR count). The van der Waals surface area contributed by atoms with E-state index in [0.29, 0.717) is 12.1 Å². The van der Waals surface area contributed by atoms with Crippen LogP contribution in [0.25, 0.3) is 0 Å². The Morgan fingerprint density at radius 3 is 1.37 bits per heavy atom. The third-order valence-electron chi connectivity index (χ3n) is 2.44. The zero-order chi connectivity index (χ0) is 21.0. The van der Waals surface area contributed by atoms with E-state index in [4.69, 9.17) is 5.11 Å². The van der Waals surface area contributed by atoms with Gasteiger partial charge in [-0.05, 0) is 0 Å². The number of carbonyl (C=O) groups is 1. The minimum absolute atomic E-state index is 0.362. The number of carboxylic acids is 1. The van der Waals surface area contributed by atoms with Crippen molar-refractivity contribution in [2.75, 3.05) is 19.8 Å². The van der Waals surface area contributed by atoms with Crippen molar-refractivity contribution in [3.05, 3.63) is 17.7 Å². The lowest BCUT2D eigenvalue weighted by Crippen LogP contribution is -2.23. The third kappa shape index (κ3) is 8.59. The molecule has 0 aliphatic heterocycles. The second-order valence-electron chi connectivity index (χ2n) is 4.81. The van der Waals surface area contributed by atoms with Crippen LogP contribution in [0.2, 0.25) is 0 Å². The van der Waals surface area contributed by atoms with Crippen LogP contribution < -0.4 is 14.2 Å². The van der Waals surface area contributed by atoms with Crippen molar-refractivity contribution < 1.29 is 63.6 Å². The Kier molecular flexibility index (Phi) is 6.67. The largest absolute Gasteiger partial charge is 0.484 e. The summed E-state index contributed by atoms with van der Waals surface area (Å²) in [5.74, 6) is -5.31. The zero-order valence-electron chi connectivity index (χ0n) is 12.8. The summed E-state index contributed by atoms with van der Waals surface area (Å²) in [7, 11) is 0. The van der Waals surface area contributed by atoms with Crippen molar-refractivity contribution in [2.45, 2.75) is 18.5 Å². The van der Waals surface area contributed by atoms with E-state index in [9.17, 15) is 44.3 Å². The quantitative estimate of drug-likeness (QED) is 0.675. The fourth-order valence-corrected chi connectivity index (χ4v) is 1.57. The Morgan fingerprint density at radius 2 is 1.07 bits per heavy atom. The van der Waals surface area contributed by atoms with Gasteiger partial charge in [0.2, 0.25) is 0 Å². The summed E-state index contributed by atoms with van der Waals surface area (Å²) in [4.78, 5) is 11.2. The molecular formula is C13H9F9O5. The van der Waals surface area contributed by atoms with Crippen molar-refractivity contribution in [2.24, 2.45) is 0 Å². The van der Waals surface area contributed by atoms with E-state index in [1.807, 2.05) is 0 Å². The molecule has 0 heterocycles. The Balaban J connectivity index is 3.30. The van der Waals surface area contributed by atoms with Gasteiger partial charge in [0.25, 0.3) is 0 Å². The summed E-state index contributed by atoms with van der Waals surface area (Å²) >= 11 is 0. The van der Waals surface area contributed by atoms with Crippen LogP contribution in [0.1, 0.15) is 10.4 Å². The number of hydrogen-bond acceptors (Lipinski definition) is 4. The molecule has 0 aromatic heterocycles. The van der Waals surface area contributed by atoms with E-state index in [1.54, 1.807) is 0 Å². The summed E-state index contributed by atoms with van der Waals surface area (Å²) in [6, 6.07) is 0.725. The molecule has 0 unspecified atom stereocenters. The third-order valence-corrected chi connectivity index (χ3v) is 2.44. The van der Waals surface area contributed by atoms with Crippen LogP contribution in [0.15, 0.2) is 12.1 Å². The van der Waals surface area contributed by atoms with Crippen LogP contribution in [0, 0.1) is 0 Å². The first-order valence-electron chi connectivity index (χ1n) is 6.57. The van der Waals surface area contributed by atoms with Crippen LogP contribution in [0.5, 0.6) is 17.2 Å². The predicted molar refractivity (Wildman–Crippen MR) is 68.1 cm³/mol. The van der Waals surface area contributed by atoms with E-state index in [2.05, 4.69) is 14.2 Å². The molecule has 0 bridgehead atoms. The van der Waals surface area contributed by atoms with Crippen LogP contribution in [0.3, 0.4) is 0 Å². The predicted octanol–water partition coefficient (Wildman–Crippen LogP) is 4.21. The second kappa shape index (κ2) is 8.00. The average molecular weight is 416 g/mol. The zero-order valence-corrected chi connectivity index (χ0v) is 12.8. The number of ether oxygens (including phenoxy) is 3. The van der Waals surface area contributed by atoms with Gasteiger partial charge in [0.05, 0.1) is 0 Å². The summed E-state index contributed by atoms with van der Waals surface area (Å²) in [5.41, 5.74) is -1.25. The van der Waals surface area contributed by atoms with Gasteiger partial charge in [-0.3, -0.25) is 0 Å². The normalized spacial score (nSPS) is 12.6. The molecule has 154 valence electrons. The molecule has 0 amide bonds. The van der Waals surface area contributed by atoms with E-state index in [1.165, 1.54) is 0 Å². The maximum atomic E-state index is 12.3. The first kappa shape index (κ1) is 22.5. The van der Waals surface area contributed by atoms with Gasteiger partial charge >= 0.3 is 24.5 Å². The minimum atomic E-state index is -4.97. The monoisotopic (exact) mass is 416 g/mol. The number of rotatable bonds is 7. The first-order valence-corrected chi connectivity index (χ1v) is 6.57. The van der Waals surface area contributed by atoms with Gasteiger partial charge in [-0.15, -0.1) is 0 Å². The lowest BCUT2D eigenvalue weighted by Gasteiger charge is -2.18. The van der Waals surface area contributed by atoms with Gasteiger partial charge in [0.15, 0.2) is 19.8 Å². The molecule has 14 heteroatoms.